The zero-order chi connectivity index (χ0) is 17.2. The maximum Gasteiger partial charge on any atom is 0.408 e. The maximum absolute atomic E-state index is 11.9. The van der Waals surface area contributed by atoms with Crippen molar-refractivity contribution in [3.8, 4) is 0 Å². The molecular formula is C15H25N3O5. The molecule has 0 aromatic heterocycles. The minimum atomic E-state index is -0.881. The van der Waals surface area contributed by atoms with Crippen LogP contribution in [-0.4, -0.2) is 58.4 Å². The minimum absolute atomic E-state index is 0.0182. The van der Waals surface area contributed by atoms with Crippen LogP contribution in [0.5, 0.6) is 0 Å². The fourth-order valence-corrected chi connectivity index (χ4v) is 3.35. The number of carbonyl (C=O) groups is 3. The predicted octanol–water partition coefficient (Wildman–Crippen LogP) is 1.30. The molecule has 3 N–H and O–H groups in total. The molecule has 8 nitrogen and oxygen atoms in total. The second kappa shape index (κ2) is 6.64. The number of piperidine rings is 1. The van der Waals surface area contributed by atoms with Crippen LogP contribution in [0.25, 0.3) is 0 Å². The van der Waals surface area contributed by atoms with E-state index in [-0.39, 0.29) is 30.6 Å². The van der Waals surface area contributed by atoms with Gasteiger partial charge in [-0.3, -0.25) is 4.79 Å². The molecule has 0 saturated carbocycles. The molecular weight excluding hydrogens is 302 g/mol. The lowest BCUT2D eigenvalue weighted by Gasteiger charge is -2.37. The molecule has 0 aliphatic carbocycles. The van der Waals surface area contributed by atoms with E-state index in [9.17, 15) is 19.5 Å². The minimum Gasteiger partial charge on any atom is -0.465 e. The van der Waals surface area contributed by atoms with Gasteiger partial charge in [0.2, 0.25) is 5.91 Å². The van der Waals surface area contributed by atoms with Crippen LogP contribution < -0.4 is 10.6 Å². The summed E-state index contributed by atoms with van der Waals surface area (Å²) in [4.78, 5) is 36.1. The highest BCUT2D eigenvalue weighted by Gasteiger charge is 2.43. The number of fused-ring (bicyclic) bond motifs is 2. The van der Waals surface area contributed by atoms with Gasteiger partial charge in [-0.05, 0) is 46.5 Å². The van der Waals surface area contributed by atoms with Crippen molar-refractivity contribution < 1.29 is 24.2 Å². The van der Waals surface area contributed by atoms with Gasteiger partial charge in [-0.2, -0.15) is 0 Å². The van der Waals surface area contributed by atoms with Crippen LogP contribution in [-0.2, 0) is 9.53 Å². The van der Waals surface area contributed by atoms with Crippen LogP contribution in [0.1, 0.15) is 46.5 Å². The zero-order valence-corrected chi connectivity index (χ0v) is 13.8. The summed E-state index contributed by atoms with van der Waals surface area (Å²) in [7, 11) is 0. The quantitative estimate of drug-likeness (QED) is 0.724. The summed E-state index contributed by atoms with van der Waals surface area (Å²) in [5.74, 6) is -0.288. The van der Waals surface area contributed by atoms with Gasteiger partial charge in [0.25, 0.3) is 0 Å². The molecule has 0 radical (unpaired) electrons. The Morgan fingerprint density at radius 1 is 1.17 bits per heavy atom. The first-order valence-electron chi connectivity index (χ1n) is 7.93. The van der Waals surface area contributed by atoms with Gasteiger partial charge in [0.15, 0.2) is 0 Å². The number of amides is 3. The molecule has 2 aliphatic rings. The maximum atomic E-state index is 11.9. The summed E-state index contributed by atoms with van der Waals surface area (Å²) >= 11 is 0. The van der Waals surface area contributed by atoms with Crippen LogP contribution in [0.4, 0.5) is 9.59 Å². The molecule has 3 amide bonds. The second-order valence-electron chi connectivity index (χ2n) is 7.17. The van der Waals surface area contributed by atoms with Crippen LogP contribution in [0.2, 0.25) is 0 Å². The summed E-state index contributed by atoms with van der Waals surface area (Å²) in [6, 6.07) is -0.0817. The molecule has 2 rings (SSSR count). The van der Waals surface area contributed by atoms with E-state index in [0.717, 1.165) is 12.8 Å². The summed E-state index contributed by atoms with van der Waals surface area (Å²) in [6.07, 6.45) is 1.43. The van der Waals surface area contributed by atoms with Crippen molar-refractivity contribution in [3.05, 3.63) is 0 Å². The van der Waals surface area contributed by atoms with E-state index in [2.05, 4.69) is 10.6 Å². The van der Waals surface area contributed by atoms with E-state index in [1.807, 2.05) is 0 Å². The number of ether oxygens (including phenoxy) is 1. The molecule has 2 fully saturated rings. The van der Waals surface area contributed by atoms with E-state index >= 15 is 0 Å². The number of alkyl carbamates (subject to hydrolysis) is 1. The molecule has 2 aliphatic heterocycles. The summed E-state index contributed by atoms with van der Waals surface area (Å²) < 4.78 is 5.06. The van der Waals surface area contributed by atoms with Crippen molar-refractivity contribution in [2.24, 2.45) is 0 Å². The van der Waals surface area contributed by atoms with Crippen LogP contribution in [0.3, 0.4) is 0 Å². The largest absolute Gasteiger partial charge is 0.465 e. The number of nitrogens with one attached hydrogen (secondary N) is 2. The van der Waals surface area contributed by atoms with E-state index in [0.29, 0.717) is 12.8 Å². The predicted molar refractivity (Wildman–Crippen MR) is 82.1 cm³/mol. The fraction of sp³-hybridized carbons (Fsp3) is 0.800. The van der Waals surface area contributed by atoms with Crippen LogP contribution >= 0.6 is 0 Å². The smallest absolute Gasteiger partial charge is 0.408 e. The Morgan fingerprint density at radius 2 is 1.74 bits per heavy atom. The first-order valence-corrected chi connectivity index (χ1v) is 7.93. The molecule has 0 aromatic rings. The Balaban J connectivity index is 1.75. The molecule has 8 heteroatoms. The average Bonchev–Trinajstić information content (AvgIpc) is 2.67. The third-order valence-electron chi connectivity index (χ3n) is 4.11. The summed E-state index contributed by atoms with van der Waals surface area (Å²) in [5.41, 5.74) is -0.608. The fourth-order valence-electron chi connectivity index (χ4n) is 3.35. The molecule has 0 spiro atoms. The van der Waals surface area contributed by atoms with Gasteiger partial charge in [0, 0.05) is 18.1 Å². The Hall–Kier alpha value is -1.99. The molecule has 2 unspecified atom stereocenters. The molecule has 2 atom stereocenters. The SMILES string of the molecule is CC(C)(C)OC(=O)NCC(=O)NC1CC2CCC(C1)N2C(=O)O. The average molecular weight is 327 g/mol. The van der Waals surface area contributed by atoms with Crippen molar-refractivity contribution in [1.29, 1.82) is 0 Å². The van der Waals surface area contributed by atoms with E-state index < -0.39 is 17.8 Å². The van der Waals surface area contributed by atoms with Crippen LogP contribution in [0.15, 0.2) is 0 Å². The third-order valence-corrected chi connectivity index (χ3v) is 4.11. The van der Waals surface area contributed by atoms with E-state index in [1.54, 1.807) is 20.8 Å². The molecule has 130 valence electrons. The highest BCUT2D eigenvalue weighted by atomic mass is 16.6. The van der Waals surface area contributed by atoms with Crippen molar-refractivity contribution in [3.63, 3.8) is 0 Å². The topological polar surface area (TPSA) is 108 Å². The summed E-state index contributed by atoms with van der Waals surface area (Å²) in [5, 5.41) is 14.5. The summed E-state index contributed by atoms with van der Waals surface area (Å²) in [6.45, 7) is 5.10. The number of carboxylic acid groups (broad SMARTS) is 1. The second-order valence-corrected chi connectivity index (χ2v) is 7.17. The number of hydrogen-bond acceptors (Lipinski definition) is 4. The highest BCUT2D eigenvalue weighted by Crippen LogP contribution is 2.35. The molecule has 2 bridgehead atoms. The third kappa shape index (κ3) is 4.74. The first-order chi connectivity index (χ1) is 10.7. The first kappa shape index (κ1) is 17.4. The Bertz CT molecular complexity index is 474. The number of carbonyl (C=O) groups excluding carboxylic acids is 2. The molecule has 2 saturated heterocycles. The lowest BCUT2D eigenvalue weighted by molar-refractivity contribution is -0.121. The van der Waals surface area contributed by atoms with Gasteiger partial charge in [0.05, 0.1) is 0 Å². The Labute approximate surface area is 135 Å². The lowest BCUT2D eigenvalue weighted by Crippen LogP contribution is -2.53. The zero-order valence-electron chi connectivity index (χ0n) is 13.8. The van der Waals surface area contributed by atoms with E-state index in [1.165, 1.54) is 4.90 Å². The molecule has 0 aromatic carbocycles. The van der Waals surface area contributed by atoms with Crippen LogP contribution in [0, 0.1) is 0 Å². The van der Waals surface area contributed by atoms with Crippen molar-refractivity contribution in [2.45, 2.75) is 70.2 Å². The molecule has 23 heavy (non-hydrogen) atoms. The van der Waals surface area contributed by atoms with Gasteiger partial charge in [-0.1, -0.05) is 0 Å². The standard InChI is InChI=1S/C15H25N3O5/c1-15(2,3)23-13(20)16-8-12(19)17-9-6-10-4-5-11(7-9)18(10)14(21)22/h9-11H,4-8H2,1-3H3,(H,16,20)(H,17,19)(H,21,22). The van der Waals surface area contributed by atoms with Crippen molar-refractivity contribution in [1.82, 2.24) is 15.5 Å². The van der Waals surface area contributed by atoms with Gasteiger partial charge in [-0.15, -0.1) is 0 Å². The van der Waals surface area contributed by atoms with Gasteiger partial charge >= 0.3 is 12.2 Å². The number of hydrogen-bond donors (Lipinski definition) is 3. The number of nitrogens with zero attached hydrogens (tertiary/aromatic N) is 1. The van der Waals surface area contributed by atoms with Crippen molar-refractivity contribution >= 4 is 18.1 Å². The monoisotopic (exact) mass is 327 g/mol. The van der Waals surface area contributed by atoms with Crippen molar-refractivity contribution in [2.75, 3.05) is 6.54 Å². The number of rotatable bonds is 3. The van der Waals surface area contributed by atoms with E-state index in [4.69, 9.17) is 4.74 Å². The van der Waals surface area contributed by atoms with Gasteiger partial charge in [0.1, 0.15) is 12.1 Å². The highest BCUT2D eigenvalue weighted by molar-refractivity contribution is 5.82. The normalized spacial score (nSPS) is 26.6. The van der Waals surface area contributed by atoms with Gasteiger partial charge in [-0.25, -0.2) is 9.59 Å². The Kier molecular flexibility index (Phi) is 5.01. The van der Waals surface area contributed by atoms with Gasteiger partial charge < -0.3 is 25.4 Å². The Morgan fingerprint density at radius 3 is 2.22 bits per heavy atom. The lowest BCUT2D eigenvalue weighted by atomic mass is 9.98. The molecule has 2 heterocycles.